The second kappa shape index (κ2) is 7.60. The van der Waals surface area contributed by atoms with Crippen LogP contribution < -0.4 is 20.1 Å². The maximum atomic E-state index is 12.4. The number of benzene rings is 1. The zero-order chi connectivity index (χ0) is 18.7. The molecule has 2 N–H and O–H groups in total. The van der Waals surface area contributed by atoms with E-state index in [9.17, 15) is 9.59 Å². The Hall–Kier alpha value is -2.54. The van der Waals surface area contributed by atoms with Gasteiger partial charge in [0.2, 0.25) is 18.6 Å². The topological polar surface area (TPSA) is 76.7 Å². The van der Waals surface area contributed by atoms with Crippen molar-refractivity contribution in [1.82, 2.24) is 10.6 Å². The highest BCUT2D eigenvalue weighted by Gasteiger charge is 2.38. The number of fused-ring (bicyclic) bond motifs is 1. The Labute approximate surface area is 161 Å². The van der Waals surface area contributed by atoms with Crippen LogP contribution in [0.1, 0.15) is 36.1 Å². The number of carbonyl (C=O) groups is 2. The molecule has 2 amide bonds. The van der Waals surface area contributed by atoms with E-state index < -0.39 is 0 Å². The highest BCUT2D eigenvalue weighted by atomic mass is 32.1. The summed E-state index contributed by atoms with van der Waals surface area (Å²) in [6.07, 6.45) is 3.12. The lowest BCUT2D eigenvalue weighted by atomic mass is 9.87. The molecule has 0 radical (unpaired) electrons. The number of ether oxygens (including phenoxy) is 2. The van der Waals surface area contributed by atoms with E-state index in [0.29, 0.717) is 31.6 Å². The fourth-order valence-electron chi connectivity index (χ4n) is 3.62. The quantitative estimate of drug-likeness (QED) is 0.767. The van der Waals surface area contributed by atoms with Crippen molar-refractivity contribution in [3.8, 4) is 11.5 Å². The van der Waals surface area contributed by atoms with Crippen LogP contribution in [-0.4, -0.2) is 24.1 Å². The summed E-state index contributed by atoms with van der Waals surface area (Å²) in [5.41, 5.74) is 0.660. The van der Waals surface area contributed by atoms with Crippen molar-refractivity contribution in [2.45, 2.75) is 44.2 Å². The summed E-state index contributed by atoms with van der Waals surface area (Å²) in [4.78, 5) is 25.4. The summed E-state index contributed by atoms with van der Waals surface area (Å²) in [7, 11) is 0. The highest BCUT2D eigenvalue weighted by Crippen LogP contribution is 2.33. The molecule has 1 aromatic carbocycles. The Kier molecular flexibility index (Phi) is 5.03. The van der Waals surface area contributed by atoms with Crippen molar-refractivity contribution in [3.05, 3.63) is 46.2 Å². The standard InChI is InChI=1S/C20H22N2O4S/c23-18(21-12-14-3-4-16-17(10-14)26-13-25-16)5-7-20(8-6-19(24)22-20)11-15-2-1-9-27-15/h1-4,9-10H,5-8,11-13H2,(H,21,23)(H,22,24). The number of amides is 2. The predicted molar refractivity (Wildman–Crippen MR) is 102 cm³/mol. The molecule has 2 aromatic rings. The zero-order valence-corrected chi connectivity index (χ0v) is 15.8. The number of hydrogen-bond donors (Lipinski definition) is 2. The van der Waals surface area contributed by atoms with E-state index in [2.05, 4.69) is 16.7 Å². The molecule has 27 heavy (non-hydrogen) atoms. The van der Waals surface area contributed by atoms with Gasteiger partial charge in [-0.2, -0.15) is 0 Å². The third kappa shape index (κ3) is 4.24. The van der Waals surface area contributed by atoms with E-state index in [1.165, 1.54) is 4.88 Å². The normalized spacial score (nSPS) is 20.5. The minimum Gasteiger partial charge on any atom is -0.454 e. The van der Waals surface area contributed by atoms with Gasteiger partial charge < -0.3 is 20.1 Å². The summed E-state index contributed by atoms with van der Waals surface area (Å²) < 4.78 is 10.7. The van der Waals surface area contributed by atoms with E-state index in [1.807, 2.05) is 29.6 Å². The smallest absolute Gasteiger partial charge is 0.231 e. The molecule has 1 aromatic heterocycles. The van der Waals surface area contributed by atoms with E-state index >= 15 is 0 Å². The second-order valence-electron chi connectivity index (χ2n) is 7.05. The first-order valence-electron chi connectivity index (χ1n) is 9.11. The van der Waals surface area contributed by atoms with Crippen molar-refractivity contribution in [1.29, 1.82) is 0 Å². The number of thiophene rings is 1. The van der Waals surface area contributed by atoms with Crippen LogP contribution in [0, 0.1) is 0 Å². The molecule has 142 valence electrons. The van der Waals surface area contributed by atoms with Crippen molar-refractivity contribution >= 4 is 23.2 Å². The van der Waals surface area contributed by atoms with E-state index in [0.717, 1.165) is 24.2 Å². The first-order valence-corrected chi connectivity index (χ1v) is 9.99. The molecule has 1 atom stereocenters. The van der Waals surface area contributed by atoms with Crippen LogP contribution in [0.5, 0.6) is 11.5 Å². The molecule has 7 heteroatoms. The second-order valence-corrected chi connectivity index (χ2v) is 8.08. The van der Waals surface area contributed by atoms with Crippen LogP contribution in [0.25, 0.3) is 0 Å². The Morgan fingerprint density at radius 2 is 2.15 bits per heavy atom. The molecule has 2 aliphatic heterocycles. The summed E-state index contributed by atoms with van der Waals surface area (Å²) in [6.45, 7) is 0.683. The molecular weight excluding hydrogens is 364 g/mol. The molecule has 2 aliphatic rings. The maximum Gasteiger partial charge on any atom is 0.231 e. The van der Waals surface area contributed by atoms with Gasteiger partial charge in [0.15, 0.2) is 11.5 Å². The molecule has 1 fully saturated rings. The summed E-state index contributed by atoms with van der Waals surface area (Å²) >= 11 is 1.69. The minimum atomic E-state index is -0.308. The van der Waals surface area contributed by atoms with Gasteiger partial charge in [-0.3, -0.25) is 9.59 Å². The summed E-state index contributed by atoms with van der Waals surface area (Å²) in [5, 5.41) is 8.12. The van der Waals surface area contributed by atoms with Gasteiger partial charge in [-0.1, -0.05) is 12.1 Å². The average Bonchev–Trinajstić information content (AvgIpc) is 3.40. The fourth-order valence-corrected chi connectivity index (χ4v) is 4.47. The van der Waals surface area contributed by atoms with Crippen molar-refractivity contribution < 1.29 is 19.1 Å². The average molecular weight is 386 g/mol. The van der Waals surface area contributed by atoms with E-state index in [-0.39, 0.29) is 24.1 Å². The largest absolute Gasteiger partial charge is 0.454 e. The van der Waals surface area contributed by atoms with Gasteiger partial charge in [0, 0.05) is 36.2 Å². The van der Waals surface area contributed by atoms with Crippen molar-refractivity contribution in [2.24, 2.45) is 0 Å². The Bertz CT molecular complexity index is 837. The van der Waals surface area contributed by atoms with Gasteiger partial charge in [0.05, 0.1) is 0 Å². The molecule has 1 unspecified atom stereocenters. The molecule has 0 saturated carbocycles. The first kappa shape index (κ1) is 17.9. The number of rotatable bonds is 7. The van der Waals surface area contributed by atoms with Crippen LogP contribution in [-0.2, 0) is 22.6 Å². The monoisotopic (exact) mass is 386 g/mol. The Morgan fingerprint density at radius 3 is 2.93 bits per heavy atom. The van der Waals surface area contributed by atoms with Gasteiger partial charge in [-0.05, 0) is 42.0 Å². The number of carbonyl (C=O) groups excluding carboxylic acids is 2. The molecule has 0 bridgehead atoms. The lowest BCUT2D eigenvalue weighted by Gasteiger charge is -2.28. The van der Waals surface area contributed by atoms with Crippen molar-refractivity contribution in [2.75, 3.05) is 6.79 Å². The Morgan fingerprint density at radius 1 is 1.26 bits per heavy atom. The van der Waals surface area contributed by atoms with Crippen LogP contribution in [0.4, 0.5) is 0 Å². The SMILES string of the molecule is O=C(CCC1(Cc2cccs2)CCC(=O)N1)NCc1ccc2c(c1)OCO2. The zero-order valence-electron chi connectivity index (χ0n) is 15.0. The third-order valence-corrected chi connectivity index (χ3v) is 5.96. The first-order chi connectivity index (χ1) is 13.1. The van der Waals surface area contributed by atoms with Gasteiger partial charge in [-0.25, -0.2) is 0 Å². The van der Waals surface area contributed by atoms with Crippen molar-refractivity contribution in [3.63, 3.8) is 0 Å². The molecule has 0 spiro atoms. The fraction of sp³-hybridized carbons (Fsp3) is 0.400. The van der Waals surface area contributed by atoms with Crippen LogP contribution >= 0.6 is 11.3 Å². The molecular formula is C20H22N2O4S. The highest BCUT2D eigenvalue weighted by molar-refractivity contribution is 7.09. The molecule has 6 nitrogen and oxygen atoms in total. The van der Waals surface area contributed by atoms with Crippen LogP contribution in [0.15, 0.2) is 35.7 Å². The Balaban J connectivity index is 1.31. The van der Waals surface area contributed by atoms with Gasteiger partial charge in [0.25, 0.3) is 0 Å². The maximum absolute atomic E-state index is 12.4. The van der Waals surface area contributed by atoms with E-state index in [1.54, 1.807) is 11.3 Å². The third-order valence-electron chi connectivity index (χ3n) is 5.09. The summed E-state index contributed by atoms with van der Waals surface area (Å²) in [6, 6.07) is 9.76. The van der Waals surface area contributed by atoms with Gasteiger partial charge in [0.1, 0.15) is 0 Å². The number of hydrogen-bond acceptors (Lipinski definition) is 5. The lowest BCUT2D eigenvalue weighted by Crippen LogP contribution is -2.44. The molecule has 0 aliphatic carbocycles. The molecule has 4 rings (SSSR count). The molecule has 1 saturated heterocycles. The van der Waals surface area contributed by atoms with Crippen LogP contribution in [0.2, 0.25) is 0 Å². The minimum absolute atomic E-state index is 0.0145. The summed E-state index contributed by atoms with van der Waals surface area (Å²) in [5.74, 6) is 1.51. The lowest BCUT2D eigenvalue weighted by molar-refractivity contribution is -0.122. The molecule has 3 heterocycles. The predicted octanol–water partition coefficient (Wildman–Crippen LogP) is 2.76. The van der Waals surface area contributed by atoms with Gasteiger partial charge >= 0.3 is 0 Å². The van der Waals surface area contributed by atoms with Crippen LogP contribution in [0.3, 0.4) is 0 Å². The van der Waals surface area contributed by atoms with Gasteiger partial charge in [-0.15, -0.1) is 11.3 Å². The van der Waals surface area contributed by atoms with E-state index in [4.69, 9.17) is 9.47 Å². The number of nitrogens with one attached hydrogen (secondary N) is 2.